The van der Waals surface area contributed by atoms with E-state index in [0.717, 1.165) is 62.5 Å². The second kappa shape index (κ2) is 21.3. The van der Waals surface area contributed by atoms with E-state index in [1.54, 1.807) is 39.0 Å². The normalized spacial score (nSPS) is 14.6. The maximum Gasteiger partial charge on any atom is 0.229 e. The smallest absolute Gasteiger partial charge is 0.229 e. The molecule has 0 saturated carbocycles. The summed E-state index contributed by atoms with van der Waals surface area (Å²) in [7, 11) is 7.36. The standard InChI is InChI=1S/C27H27N5O2.C14H14ClN3O.C13H14N2O/c1-17-7-5-6-8-21(17)23-16-34-25-15-29-27(31-26(25)32(23)3)30-20-9-10-22(24(14-20)33-4)19-11-12-28-18(2)13-19;1-9-5-3-4-6-10(9)11-8-19-12-7-16-14(15)17-13(12)18(11)2;1-9-7-10(5-6-15-9)12-4-3-11(14)8-13(12)16-2/h5-15,23H,16H2,1-4H3,(H,29,30,31);3-7,11H,8H2,1-2H3;3-8H,14H2,1-2H3. The molecular weight excluding hydrogens is 888 g/mol. The molecule has 8 aromatic rings. The zero-order valence-electron chi connectivity index (χ0n) is 39.9. The van der Waals surface area contributed by atoms with Crippen LogP contribution in [-0.4, -0.2) is 71.4 Å². The number of ether oxygens (including phenoxy) is 4. The van der Waals surface area contributed by atoms with E-state index in [2.05, 4.69) is 90.3 Å². The van der Waals surface area contributed by atoms with E-state index in [9.17, 15) is 0 Å². The molecule has 4 aromatic carbocycles. The number of aromatic nitrogens is 6. The third kappa shape index (κ3) is 10.9. The van der Waals surface area contributed by atoms with Gasteiger partial charge in [-0.1, -0.05) is 48.5 Å². The molecule has 2 aliphatic rings. The summed E-state index contributed by atoms with van der Waals surface area (Å²) in [6.07, 6.45) is 6.94. The van der Waals surface area contributed by atoms with Gasteiger partial charge in [0.15, 0.2) is 23.1 Å². The Morgan fingerprint density at radius 3 is 1.65 bits per heavy atom. The van der Waals surface area contributed by atoms with E-state index < -0.39 is 0 Å². The molecule has 69 heavy (non-hydrogen) atoms. The number of pyridine rings is 2. The van der Waals surface area contributed by atoms with Crippen LogP contribution >= 0.6 is 11.6 Å². The van der Waals surface area contributed by atoms with Crippen LogP contribution in [0.25, 0.3) is 22.3 Å². The summed E-state index contributed by atoms with van der Waals surface area (Å²) in [5.41, 5.74) is 18.3. The molecular formula is C54H55ClN10O4. The SMILES string of the molecule is COc1cc(N)ccc1-c1ccnc(C)c1.COc1cc(Nc2ncc3c(n2)N(C)C(c2ccccc2C)CO3)ccc1-c1ccnc(C)c1.Cc1ccccc1C1COc2cnc(Cl)nc2N1C. The Hall–Kier alpha value is -7.97. The first-order valence-electron chi connectivity index (χ1n) is 22.4. The highest BCUT2D eigenvalue weighted by Crippen LogP contribution is 2.40. The molecule has 0 radical (unpaired) electrons. The van der Waals surface area contributed by atoms with Crippen LogP contribution in [0.3, 0.4) is 0 Å². The van der Waals surface area contributed by atoms with Crippen molar-refractivity contribution in [2.24, 2.45) is 0 Å². The lowest BCUT2D eigenvalue weighted by Crippen LogP contribution is -2.34. The van der Waals surface area contributed by atoms with E-state index in [4.69, 9.17) is 41.3 Å². The summed E-state index contributed by atoms with van der Waals surface area (Å²) < 4.78 is 22.7. The van der Waals surface area contributed by atoms with Gasteiger partial charge in [0.2, 0.25) is 11.2 Å². The lowest BCUT2D eigenvalue weighted by atomic mass is 10.00. The number of fused-ring (bicyclic) bond motifs is 2. The largest absolute Gasteiger partial charge is 0.496 e. The van der Waals surface area contributed by atoms with Gasteiger partial charge in [0.1, 0.15) is 24.7 Å². The maximum atomic E-state index is 6.01. The summed E-state index contributed by atoms with van der Waals surface area (Å²) in [5.74, 6) is 4.89. The Kier molecular flexibility index (Phi) is 14.7. The fraction of sp³-hybridized carbons (Fsp3) is 0.222. The Balaban J connectivity index is 0.000000154. The molecule has 2 aliphatic heterocycles. The molecule has 0 saturated heterocycles. The highest BCUT2D eigenvalue weighted by molar-refractivity contribution is 6.28. The van der Waals surface area contributed by atoms with Gasteiger partial charge in [0.05, 0.1) is 38.7 Å². The third-order valence-electron chi connectivity index (χ3n) is 12.0. The number of nitrogens with two attached hydrogens (primary N) is 1. The molecule has 0 amide bonds. The van der Waals surface area contributed by atoms with Crippen molar-refractivity contribution in [3.8, 4) is 45.3 Å². The predicted molar refractivity (Wildman–Crippen MR) is 274 cm³/mol. The third-order valence-corrected chi connectivity index (χ3v) is 12.2. The highest BCUT2D eigenvalue weighted by atomic mass is 35.5. The molecule has 6 heterocycles. The first-order valence-corrected chi connectivity index (χ1v) is 22.7. The van der Waals surface area contributed by atoms with E-state index >= 15 is 0 Å². The number of hydrogen-bond donors (Lipinski definition) is 2. The van der Waals surface area contributed by atoms with E-state index in [1.165, 1.54) is 22.3 Å². The van der Waals surface area contributed by atoms with Crippen molar-refractivity contribution in [1.29, 1.82) is 0 Å². The number of halogens is 1. The quantitative estimate of drug-likeness (QED) is 0.109. The van der Waals surface area contributed by atoms with Crippen molar-refractivity contribution in [1.82, 2.24) is 29.9 Å². The van der Waals surface area contributed by atoms with Gasteiger partial charge in [-0.25, -0.2) is 9.97 Å². The summed E-state index contributed by atoms with van der Waals surface area (Å²) in [5, 5.41) is 3.54. The van der Waals surface area contributed by atoms with Gasteiger partial charge in [-0.3, -0.25) is 9.97 Å². The first kappa shape index (κ1) is 47.5. The topological polar surface area (TPSA) is 159 Å². The Morgan fingerprint density at radius 2 is 1.12 bits per heavy atom. The van der Waals surface area contributed by atoms with E-state index in [-0.39, 0.29) is 17.4 Å². The molecule has 14 nitrogen and oxygen atoms in total. The van der Waals surface area contributed by atoms with E-state index in [0.29, 0.717) is 36.3 Å². The Labute approximate surface area is 408 Å². The monoisotopic (exact) mass is 942 g/mol. The molecule has 3 N–H and O–H groups in total. The zero-order valence-corrected chi connectivity index (χ0v) is 40.7. The molecule has 352 valence electrons. The number of anilines is 5. The number of benzene rings is 4. The number of methoxy groups -OCH3 is 2. The van der Waals surface area contributed by atoms with Crippen LogP contribution < -0.4 is 39.8 Å². The van der Waals surface area contributed by atoms with Gasteiger partial charge < -0.3 is 39.8 Å². The zero-order chi connectivity index (χ0) is 48.6. The maximum absolute atomic E-state index is 6.01. The number of aryl methyl sites for hydroxylation is 4. The Bertz CT molecular complexity index is 3080. The van der Waals surface area contributed by atoms with Crippen LogP contribution in [0.15, 0.2) is 134 Å². The molecule has 2 unspecified atom stereocenters. The van der Waals surface area contributed by atoms with Gasteiger partial charge >= 0.3 is 0 Å². The fourth-order valence-corrected chi connectivity index (χ4v) is 8.48. The molecule has 10 rings (SSSR count). The van der Waals surface area contributed by atoms with Crippen LogP contribution in [0, 0.1) is 27.7 Å². The first-order chi connectivity index (χ1) is 33.4. The minimum absolute atomic E-state index is 0.0830. The Morgan fingerprint density at radius 1 is 0.609 bits per heavy atom. The lowest BCUT2D eigenvalue weighted by Gasteiger charge is -2.35. The predicted octanol–water partition coefficient (Wildman–Crippen LogP) is 11.1. The van der Waals surface area contributed by atoms with Crippen molar-refractivity contribution >= 4 is 40.6 Å². The van der Waals surface area contributed by atoms with Gasteiger partial charge in [-0.2, -0.15) is 9.97 Å². The van der Waals surface area contributed by atoms with Crippen molar-refractivity contribution in [3.05, 3.63) is 173 Å². The molecule has 0 fully saturated rings. The van der Waals surface area contributed by atoms with Gasteiger partial charge in [0, 0.05) is 72.5 Å². The molecule has 0 aliphatic carbocycles. The molecule has 0 spiro atoms. The van der Waals surface area contributed by atoms with Crippen molar-refractivity contribution < 1.29 is 18.9 Å². The molecule has 0 bridgehead atoms. The molecule has 4 aromatic heterocycles. The van der Waals surface area contributed by atoms with Crippen LogP contribution in [0.2, 0.25) is 5.28 Å². The number of rotatable bonds is 8. The molecule has 15 heteroatoms. The minimum atomic E-state index is 0.0830. The molecule has 2 atom stereocenters. The van der Waals surface area contributed by atoms with Gasteiger partial charge in [-0.05, 0) is 121 Å². The summed E-state index contributed by atoms with van der Waals surface area (Å²) >= 11 is 5.86. The van der Waals surface area contributed by atoms with Crippen molar-refractivity contribution in [3.63, 3.8) is 0 Å². The summed E-state index contributed by atoms with van der Waals surface area (Å²) in [6.45, 7) is 9.30. The number of nitrogens with zero attached hydrogens (tertiary/aromatic N) is 8. The lowest BCUT2D eigenvalue weighted by molar-refractivity contribution is 0.264. The van der Waals surface area contributed by atoms with Crippen LogP contribution in [0.4, 0.5) is 29.0 Å². The van der Waals surface area contributed by atoms with E-state index in [1.807, 2.05) is 101 Å². The second-order valence-electron chi connectivity index (χ2n) is 16.7. The van der Waals surface area contributed by atoms with Crippen molar-refractivity contribution in [2.45, 2.75) is 39.8 Å². The second-order valence-corrected chi connectivity index (χ2v) is 17.0. The highest BCUT2D eigenvalue weighted by Gasteiger charge is 2.30. The average molecular weight is 944 g/mol. The summed E-state index contributed by atoms with van der Waals surface area (Å²) in [4.78, 5) is 30.1. The van der Waals surface area contributed by atoms with Crippen LogP contribution in [0.1, 0.15) is 45.7 Å². The fourth-order valence-electron chi connectivity index (χ4n) is 8.36. The summed E-state index contributed by atoms with van der Waals surface area (Å²) in [6, 6.07) is 36.5. The van der Waals surface area contributed by atoms with Crippen LogP contribution in [-0.2, 0) is 0 Å². The van der Waals surface area contributed by atoms with Crippen LogP contribution in [0.5, 0.6) is 23.0 Å². The van der Waals surface area contributed by atoms with Gasteiger partial charge in [-0.15, -0.1) is 0 Å². The number of nitrogens with one attached hydrogen (secondary N) is 1. The van der Waals surface area contributed by atoms with Gasteiger partial charge in [0.25, 0.3) is 0 Å². The van der Waals surface area contributed by atoms with Crippen molar-refractivity contribution in [2.75, 3.05) is 62.4 Å². The minimum Gasteiger partial charge on any atom is -0.496 e. The average Bonchev–Trinajstić information content (AvgIpc) is 3.35. The number of nitrogen functional groups attached to an aromatic ring is 1. The number of hydrogen-bond acceptors (Lipinski definition) is 14. The number of likely N-dealkylation sites (N-methyl/N-ethyl adjacent to an activating group) is 2.